The number of aliphatic hydroxyl groups is 1. The van der Waals surface area contributed by atoms with E-state index in [9.17, 15) is 9.90 Å². The third kappa shape index (κ3) is 2.22. The van der Waals surface area contributed by atoms with Gasteiger partial charge < -0.3 is 5.11 Å². The van der Waals surface area contributed by atoms with E-state index in [2.05, 4.69) is 0 Å². The predicted octanol–water partition coefficient (Wildman–Crippen LogP) is 3.73. The lowest BCUT2D eigenvalue weighted by Crippen LogP contribution is -2.45. The number of hydrogen-bond acceptors (Lipinski definition) is 2. The molecule has 0 spiro atoms. The van der Waals surface area contributed by atoms with Crippen molar-refractivity contribution in [3.05, 3.63) is 102 Å². The maximum Gasteiger partial charge on any atom is 0.261 e. The summed E-state index contributed by atoms with van der Waals surface area (Å²) in [4.78, 5) is 14.5. The van der Waals surface area contributed by atoms with E-state index < -0.39 is 5.72 Å². The number of carbonyl (C=O) groups excluding carboxylic acids is 1. The van der Waals surface area contributed by atoms with Crippen molar-refractivity contribution in [2.24, 2.45) is 0 Å². The molecular weight excluding hydrogens is 298 g/mol. The van der Waals surface area contributed by atoms with Crippen LogP contribution in [0.2, 0.25) is 0 Å². The minimum Gasteiger partial charge on any atom is -0.366 e. The molecule has 0 saturated heterocycles. The Labute approximate surface area is 140 Å². The molecule has 1 atom stereocenters. The van der Waals surface area contributed by atoms with Gasteiger partial charge in [0.25, 0.3) is 5.91 Å². The summed E-state index contributed by atoms with van der Waals surface area (Å²) in [6.07, 6.45) is 0.339. The van der Waals surface area contributed by atoms with E-state index in [4.69, 9.17) is 0 Å². The van der Waals surface area contributed by atoms with Gasteiger partial charge in [-0.3, -0.25) is 9.69 Å². The number of fused-ring (bicyclic) bond motifs is 1. The zero-order chi connectivity index (χ0) is 16.6. The molecule has 1 heterocycles. The molecule has 3 aromatic rings. The Morgan fingerprint density at radius 3 is 2.08 bits per heavy atom. The van der Waals surface area contributed by atoms with E-state index >= 15 is 0 Å². The highest BCUT2D eigenvalue weighted by Gasteiger charge is 2.49. The third-order valence-electron chi connectivity index (χ3n) is 4.47. The first-order chi connectivity index (χ1) is 11.7. The lowest BCUT2D eigenvalue weighted by Gasteiger charge is -2.34. The molecule has 4 rings (SSSR count). The van der Waals surface area contributed by atoms with Gasteiger partial charge in [-0.1, -0.05) is 66.7 Å². The first-order valence-corrected chi connectivity index (χ1v) is 7.95. The zero-order valence-corrected chi connectivity index (χ0v) is 13.1. The molecule has 0 radical (unpaired) electrons. The monoisotopic (exact) mass is 315 g/mol. The molecule has 3 nitrogen and oxygen atoms in total. The summed E-state index contributed by atoms with van der Waals surface area (Å²) in [5.74, 6) is -0.171. The highest BCUT2D eigenvalue weighted by atomic mass is 16.3. The Morgan fingerprint density at radius 2 is 1.38 bits per heavy atom. The third-order valence-corrected chi connectivity index (χ3v) is 4.47. The molecule has 0 fully saturated rings. The quantitative estimate of drug-likeness (QED) is 0.800. The van der Waals surface area contributed by atoms with E-state index in [-0.39, 0.29) is 5.91 Å². The average Bonchev–Trinajstić information content (AvgIpc) is 2.84. The van der Waals surface area contributed by atoms with Gasteiger partial charge in [0.15, 0.2) is 5.72 Å². The first kappa shape index (κ1) is 14.7. The van der Waals surface area contributed by atoms with Gasteiger partial charge in [-0.15, -0.1) is 0 Å². The number of anilines is 1. The smallest absolute Gasteiger partial charge is 0.261 e. The van der Waals surface area contributed by atoms with Crippen molar-refractivity contribution in [3.8, 4) is 0 Å². The van der Waals surface area contributed by atoms with Crippen LogP contribution in [0.15, 0.2) is 84.9 Å². The van der Waals surface area contributed by atoms with Crippen LogP contribution < -0.4 is 4.90 Å². The minimum absolute atomic E-state index is 0.171. The molecular formula is C21H17NO2. The van der Waals surface area contributed by atoms with Gasteiger partial charge in [-0.05, 0) is 23.8 Å². The topological polar surface area (TPSA) is 40.5 Å². The van der Waals surface area contributed by atoms with Crippen LogP contribution in [0.3, 0.4) is 0 Å². The molecule has 0 bridgehead atoms. The van der Waals surface area contributed by atoms with E-state index in [1.807, 2.05) is 78.9 Å². The molecule has 1 aliphatic heterocycles. The van der Waals surface area contributed by atoms with E-state index in [0.717, 1.165) is 5.56 Å². The minimum atomic E-state index is -1.39. The van der Waals surface area contributed by atoms with E-state index in [1.165, 1.54) is 4.90 Å². The highest BCUT2D eigenvalue weighted by molar-refractivity contribution is 6.11. The van der Waals surface area contributed by atoms with Crippen molar-refractivity contribution < 1.29 is 9.90 Å². The second-order valence-electron chi connectivity index (χ2n) is 6.00. The van der Waals surface area contributed by atoms with Gasteiger partial charge in [0.05, 0.1) is 0 Å². The number of carbonyl (C=O) groups is 1. The highest BCUT2D eigenvalue weighted by Crippen LogP contribution is 2.42. The van der Waals surface area contributed by atoms with Crippen molar-refractivity contribution >= 4 is 11.6 Å². The fourth-order valence-corrected chi connectivity index (χ4v) is 3.39. The Hall–Kier alpha value is -2.91. The summed E-state index contributed by atoms with van der Waals surface area (Å²) >= 11 is 0. The number of benzene rings is 3. The lowest BCUT2D eigenvalue weighted by atomic mass is 9.94. The van der Waals surface area contributed by atoms with Crippen LogP contribution in [0.25, 0.3) is 0 Å². The predicted molar refractivity (Wildman–Crippen MR) is 93.7 cm³/mol. The molecule has 3 heteroatoms. The van der Waals surface area contributed by atoms with Gasteiger partial charge in [0.1, 0.15) is 0 Å². The van der Waals surface area contributed by atoms with Crippen molar-refractivity contribution in [2.75, 3.05) is 4.90 Å². The van der Waals surface area contributed by atoms with Crippen LogP contribution in [0.1, 0.15) is 21.5 Å². The van der Waals surface area contributed by atoms with Crippen LogP contribution in [-0.2, 0) is 12.1 Å². The summed E-state index contributed by atoms with van der Waals surface area (Å²) in [5, 5.41) is 11.6. The summed E-state index contributed by atoms with van der Waals surface area (Å²) in [6, 6.07) is 26.4. The summed E-state index contributed by atoms with van der Waals surface area (Å²) in [5.41, 5.74) is 1.49. The molecule has 24 heavy (non-hydrogen) atoms. The largest absolute Gasteiger partial charge is 0.366 e. The van der Waals surface area contributed by atoms with Crippen LogP contribution in [0.4, 0.5) is 5.69 Å². The number of nitrogens with zero attached hydrogens (tertiary/aromatic N) is 1. The summed E-state index contributed by atoms with van der Waals surface area (Å²) in [7, 11) is 0. The number of hydrogen-bond donors (Lipinski definition) is 1. The molecule has 1 aliphatic rings. The molecule has 3 aromatic carbocycles. The Morgan fingerprint density at radius 1 is 0.792 bits per heavy atom. The fourth-order valence-electron chi connectivity index (χ4n) is 3.39. The SMILES string of the molecule is O=C1c2ccccc2C(O)(Cc2ccccc2)N1c1ccccc1. The van der Waals surface area contributed by atoms with Crippen LogP contribution in [0, 0.1) is 0 Å². The second kappa shape index (κ2) is 5.62. The average molecular weight is 315 g/mol. The molecule has 0 aromatic heterocycles. The molecule has 1 unspecified atom stereocenters. The van der Waals surface area contributed by atoms with Crippen molar-refractivity contribution in [3.63, 3.8) is 0 Å². The maximum absolute atomic E-state index is 13.0. The van der Waals surface area contributed by atoms with Crippen LogP contribution in [-0.4, -0.2) is 11.0 Å². The number of amides is 1. The zero-order valence-electron chi connectivity index (χ0n) is 13.1. The normalized spacial score (nSPS) is 19.4. The molecule has 0 saturated carbocycles. The van der Waals surface area contributed by atoms with Gasteiger partial charge in [-0.25, -0.2) is 0 Å². The lowest BCUT2D eigenvalue weighted by molar-refractivity contribution is 0.0395. The van der Waals surface area contributed by atoms with Crippen molar-refractivity contribution in [1.29, 1.82) is 0 Å². The molecule has 1 N–H and O–H groups in total. The maximum atomic E-state index is 13.0. The standard InChI is InChI=1S/C21H17NO2/c23-20-18-13-7-8-14-19(18)21(24,15-16-9-3-1-4-10-16)22(20)17-11-5-2-6-12-17/h1-14,24H,15H2. The van der Waals surface area contributed by atoms with Crippen LogP contribution >= 0.6 is 0 Å². The number of rotatable bonds is 3. The van der Waals surface area contributed by atoms with Crippen molar-refractivity contribution in [2.45, 2.75) is 12.1 Å². The van der Waals surface area contributed by atoms with Gasteiger partial charge in [0.2, 0.25) is 0 Å². The molecule has 118 valence electrons. The number of para-hydroxylation sites is 1. The van der Waals surface area contributed by atoms with Gasteiger partial charge >= 0.3 is 0 Å². The Kier molecular flexibility index (Phi) is 3.44. The van der Waals surface area contributed by atoms with Crippen molar-refractivity contribution in [1.82, 2.24) is 0 Å². The van der Waals surface area contributed by atoms with E-state index in [0.29, 0.717) is 23.2 Å². The first-order valence-electron chi connectivity index (χ1n) is 7.95. The summed E-state index contributed by atoms with van der Waals surface area (Å²) in [6.45, 7) is 0. The Balaban J connectivity index is 1.87. The summed E-state index contributed by atoms with van der Waals surface area (Å²) < 4.78 is 0. The molecule has 0 aliphatic carbocycles. The van der Waals surface area contributed by atoms with E-state index in [1.54, 1.807) is 6.07 Å². The fraction of sp³-hybridized carbons (Fsp3) is 0.0952. The molecule has 1 amide bonds. The van der Waals surface area contributed by atoms with Crippen LogP contribution in [0.5, 0.6) is 0 Å². The second-order valence-corrected chi connectivity index (χ2v) is 6.00. The van der Waals surface area contributed by atoms with Gasteiger partial charge in [0, 0.05) is 23.2 Å². The Bertz CT molecular complexity index is 877. The van der Waals surface area contributed by atoms with Gasteiger partial charge in [-0.2, -0.15) is 0 Å².